The highest BCUT2D eigenvalue weighted by molar-refractivity contribution is 7.99. The van der Waals surface area contributed by atoms with Gasteiger partial charge in [-0.3, -0.25) is 9.78 Å². The van der Waals surface area contributed by atoms with E-state index in [1.54, 1.807) is 0 Å². The van der Waals surface area contributed by atoms with Crippen molar-refractivity contribution in [3.63, 3.8) is 0 Å². The van der Waals surface area contributed by atoms with Crippen molar-refractivity contribution >= 4 is 11.8 Å². The second-order valence-electron chi connectivity index (χ2n) is 3.68. The van der Waals surface area contributed by atoms with E-state index in [2.05, 4.69) is 5.10 Å². The van der Waals surface area contributed by atoms with Crippen molar-refractivity contribution in [3.05, 3.63) is 20.8 Å². The first-order valence-electron chi connectivity index (χ1n) is 5.00. The van der Waals surface area contributed by atoms with E-state index in [-0.39, 0.29) is 11.6 Å². The summed E-state index contributed by atoms with van der Waals surface area (Å²) in [6.07, 6.45) is -3.91. The summed E-state index contributed by atoms with van der Waals surface area (Å²) in [7, 11) is 0. The zero-order chi connectivity index (χ0) is 13.3. The second-order valence-corrected chi connectivity index (χ2v) is 4.77. The van der Waals surface area contributed by atoms with E-state index in [4.69, 9.17) is 4.74 Å². The van der Waals surface area contributed by atoms with Crippen LogP contribution in [0.4, 0.5) is 0 Å². The van der Waals surface area contributed by atoms with Crippen LogP contribution in [0.25, 0.3) is 0 Å². The summed E-state index contributed by atoms with van der Waals surface area (Å²) < 4.78 is 5.08. The quantitative estimate of drug-likeness (QED) is 0.384. The van der Waals surface area contributed by atoms with E-state index < -0.39 is 35.0 Å². The molecule has 0 bridgehead atoms. The molecule has 2 rings (SSSR count). The van der Waals surface area contributed by atoms with Crippen LogP contribution in [0.1, 0.15) is 0 Å². The van der Waals surface area contributed by atoms with Gasteiger partial charge in [-0.25, -0.2) is 9.89 Å². The number of hydrogen-bond donors (Lipinski definition) is 5. The third-order valence-electron chi connectivity index (χ3n) is 2.36. The number of aromatic amines is 2. The van der Waals surface area contributed by atoms with Gasteiger partial charge >= 0.3 is 5.69 Å². The van der Waals surface area contributed by atoms with Gasteiger partial charge in [0.1, 0.15) is 23.7 Å². The molecule has 4 atom stereocenters. The molecular formula is C8H11N3O6S. The van der Waals surface area contributed by atoms with E-state index in [1.807, 2.05) is 10.1 Å². The average molecular weight is 277 g/mol. The molecule has 0 unspecified atom stereocenters. The maximum Gasteiger partial charge on any atom is 0.342 e. The maximum absolute atomic E-state index is 11.4. The highest BCUT2D eigenvalue weighted by Crippen LogP contribution is 2.27. The molecule has 0 aromatic carbocycles. The molecule has 2 heterocycles. The third kappa shape index (κ3) is 2.62. The Morgan fingerprint density at radius 3 is 2.67 bits per heavy atom. The molecule has 1 saturated heterocycles. The van der Waals surface area contributed by atoms with Gasteiger partial charge in [0.05, 0.1) is 6.61 Å². The minimum Gasteiger partial charge on any atom is -0.388 e. The lowest BCUT2D eigenvalue weighted by Gasteiger charge is -2.34. The van der Waals surface area contributed by atoms with Crippen molar-refractivity contribution in [1.29, 1.82) is 0 Å². The number of nitrogens with one attached hydrogen (secondary N) is 2. The third-order valence-corrected chi connectivity index (χ3v) is 3.51. The van der Waals surface area contributed by atoms with Crippen LogP contribution in [0.5, 0.6) is 0 Å². The Balaban J connectivity index is 2.14. The molecule has 0 amide bonds. The van der Waals surface area contributed by atoms with Crippen LogP contribution in [0.3, 0.4) is 0 Å². The van der Waals surface area contributed by atoms with E-state index in [1.165, 1.54) is 0 Å². The van der Waals surface area contributed by atoms with Crippen LogP contribution in [0.2, 0.25) is 0 Å². The molecule has 1 aliphatic rings. The number of H-pyrrole nitrogens is 2. The molecule has 0 aliphatic carbocycles. The molecule has 100 valence electrons. The molecule has 0 radical (unpaired) electrons. The molecule has 10 heteroatoms. The Morgan fingerprint density at radius 1 is 1.28 bits per heavy atom. The van der Waals surface area contributed by atoms with E-state index in [0.717, 1.165) is 11.8 Å². The average Bonchev–Trinajstić information content (AvgIpc) is 2.33. The smallest absolute Gasteiger partial charge is 0.342 e. The Kier molecular flexibility index (Phi) is 3.82. The fourth-order valence-electron chi connectivity index (χ4n) is 1.41. The molecule has 1 aromatic rings. The normalized spacial score (nSPS) is 32.4. The zero-order valence-electron chi connectivity index (χ0n) is 8.94. The Hall–Kier alpha value is -1.20. The van der Waals surface area contributed by atoms with Gasteiger partial charge in [0.2, 0.25) is 0 Å². The van der Waals surface area contributed by atoms with Crippen molar-refractivity contribution < 1.29 is 20.1 Å². The highest BCUT2D eigenvalue weighted by atomic mass is 32.2. The number of nitrogens with zero attached hydrogens (tertiary/aromatic N) is 1. The van der Waals surface area contributed by atoms with Crippen LogP contribution in [-0.2, 0) is 4.74 Å². The largest absolute Gasteiger partial charge is 0.388 e. The molecule has 1 aromatic heterocycles. The SMILES string of the molecule is O=c1[nH]nc(S[C@@H]2OC[C@@H](O)[C@@H](O)[C@@H]2O)c(=O)[nH]1. The monoisotopic (exact) mass is 277 g/mol. The minimum absolute atomic E-state index is 0.109. The Morgan fingerprint density at radius 2 is 2.00 bits per heavy atom. The number of aliphatic hydroxyl groups is 3. The van der Waals surface area contributed by atoms with E-state index in [9.17, 15) is 24.9 Å². The van der Waals surface area contributed by atoms with Crippen LogP contribution >= 0.6 is 11.8 Å². The molecule has 1 fully saturated rings. The molecule has 9 nitrogen and oxygen atoms in total. The molecule has 1 aliphatic heterocycles. The topological polar surface area (TPSA) is 149 Å². The second kappa shape index (κ2) is 5.20. The lowest BCUT2D eigenvalue weighted by atomic mass is 10.1. The minimum atomic E-state index is -1.37. The summed E-state index contributed by atoms with van der Waals surface area (Å²) in [5.74, 6) is 0. The number of rotatable bonds is 2. The first-order chi connectivity index (χ1) is 8.49. The summed E-state index contributed by atoms with van der Waals surface area (Å²) in [6, 6.07) is 0. The number of hydrogen-bond acceptors (Lipinski definition) is 8. The first-order valence-corrected chi connectivity index (χ1v) is 5.88. The summed E-state index contributed by atoms with van der Waals surface area (Å²) in [4.78, 5) is 24.1. The molecule has 5 N–H and O–H groups in total. The van der Waals surface area contributed by atoms with Crippen molar-refractivity contribution in [2.75, 3.05) is 6.61 Å². The summed E-state index contributed by atoms with van der Waals surface area (Å²) in [5.41, 5.74) is -2.42. The van der Waals surface area contributed by atoms with Gasteiger partial charge in [-0.15, -0.1) is 0 Å². The van der Waals surface area contributed by atoms with Gasteiger partial charge in [-0.05, 0) is 0 Å². The Bertz CT molecular complexity index is 530. The van der Waals surface area contributed by atoms with Gasteiger partial charge in [0, 0.05) is 0 Å². The highest BCUT2D eigenvalue weighted by Gasteiger charge is 2.38. The molecule has 18 heavy (non-hydrogen) atoms. The summed E-state index contributed by atoms with van der Waals surface area (Å²) >= 11 is 0.745. The lowest BCUT2D eigenvalue weighted by Crippen LogP contribution is -2.51. The number of ether oxygens (including phenoxy) is 1. The van der Waals surface area contributed by atoms with Gasteiger partial charge in [0.15, 0.2) is 5.03 Å². The fraction of sp³-hybridized carbons (Fsp3) is 0.625. The van der Waals surface area contributed by atoms with Crippen LogP contribution in [-0.4, -0.2) is 60.9 Å². The molecule has 0 saturated carbocycles. The number of aromatic nitrogens is 3. The van der Waals surface area contributed by atoms with Crippen LogP contribution in [0.15, 0.2) is 14.6 Å². The van der Waals surface area contributed by atoms with E-state index in [0.29, 0.717) is 0 Å². The first kappa shape index (κ1) is 13.2. The van der Waals surface area contributed by atoms with Crippen molar-refractivity contribution in [2.24, 2.45) is 0 Å². The van der Waals surface area contributed by atoms with Gasteiger partial charge in [-0.1, -0.05) is 11.8 Å². The predicted octanol–water partition coefficient (Wildman–Crippen LogP) is -3.01. The van der Waals surface area contributed by atoms with Crippen molar-refractivity contribution in [3.8, 4) is 0 Å². The standard InChI is InChI=1S/C8H11N3O6S/c12-2-1-17-7(4(14)3(2)13)18-6-5(15)9-8(16)11-10-6/h2-4,7,12-14H,1H2,(H2,9,11,15,16)/t2-,3-,4+,7+/m1/s1. The number of thioether (sulfide) groups is 1. The van der Waals surface area contributed by atoms with Gasteiger partial charge in [0.25, 0.3) is 5.56 Å². The predicted molar refractivity (Wildman–Crippen MR) is 59.1 cm³/mol. The maximum atomic E-state index is 11.4. The fourth-order valence-corrected chi connectivity index (χ4v) is 2.33. The van der Waals surface area contributed by atoms with Crippen molar-refractivity contribution in [2.45, 2.75) is 28.8 Å². The molecule has 0 spiro atoms. The van der Waals surface area contributed by atoms with Crippen LogP contribution < -0.4 is 11.2 Å². The van der Waals surface area contributed by atoms with Gasteiger partial charge < -0.3 is 20.1 Å². The van der Waals surface area contributed by atoms with Crippen molar-refractivity contribution in [1.82, 2.24) is 15.2 Å². The summed E-state index contributed by atoms with van der Waals surface area (Å²) in [5, 5.41) is 33.8. The summed E-state index contributed by atoms with van der Waals surface area (Å²) in [6.45, 7) is -0.169. The number of aliphatic hydroxyl groups excluding tert-OH is 3. The molecular weight excluding hydrogens is 266 g/mol. The van der Waals surface area contributed by atoms with Crippen LogP contribution in [0, 0.1) is 0 Å². The zero-order valence-corrected chi connectivity index (χ0v) is 9.75. The lowest BCUT2D eigenvalue weighted by molar-refractivity contribution is -0.161. The van der Waals surface area contributed by atoms with Gasteiger partial charge in [-0.2, -0.15) is 5.10 Å². The Labute approximate surface area is 104 Å². The van der Waals surface area contributed by atoms with E-state index >= 15 is 0 Å².